The minimum atomic E-state index is -0.587. The second-order valence-electron chi connectivity index (χ2n) is 6.18. The number of rotatable bonds is 5. The Balaban J connectivity index is 1.78. The number of hydrogen-bond donors (Lipinski definition) is 2. The lowest BCUT2D eigenvalue weighted by atomic mass is 10.2. The van der Waals surface area contributed by atoms with Crippen molar-refractivity contribution >= 4 is 23.4 Å². The maximum atomic E-state index is 14.6. The maximum Gasteiger partial charge on any atom is 0.414 e. The molecule has 0 spiro atoms. The molecule has 0 unspecified atom stereocenters. The van der Waals surface area contributed by atoms with Crippen LogP contribution in [0.15, 0.2) is 41.8 Å². The average Bonchev–Trinajstić information content (AvgIpc) is 3.26. The first-order valence-electron chi connectivity index (χ1n) is 8.28. The zero-order valence-electron chi connectivity index (χ0n) is 14.8. The highest BCUT2D eigenvalue weighted by molar-refractivity contribution is 5.98. The van der Waals surface area contributed by atoms with Crippen molar-refractivity contribution in [2.75, 3.05) is 18.0 Å². The zero-order valence-corrected chi connectivity index (χ0v) is 14.8. The van der Waals surface area contributed by atoms with Crippen molar-refractivity contribution in [2.24, 2.45) is 5.16 Å². The first kappa shape index (κ1) is 18.4. The molecule has 27 heavy (non-hydrogen) atoms. The lowest BCUT2D eigenvalue weighted by Gasteiger charge is -2.14. The molecule has 1 aliphatic heterocycles. The third-order valence-electron chi connectivity index (χ3n) is 4.23. The second kappa shape index (κ2) is 7.48. The van der Waals surface area contributed by atoms with E-state index >= 15 is 0 Å². The lowest BCUT2D eigenvalue weighted by molar-refractivity contribution is -0.119. The Morgan fingerprint density at radius 1 is 1.41 bits per heavy atom. The molecule has 9 heteroatoms. The van der Waals surface area contributed by atoms with Crippen molar-refractivity contribution in [3.8, 4) is 5.69 Å². The van der Waals surface area contributed by atoms with Crippen molar-refractivity contribution in [1.82, 2.24) is 9.88 Å². The molecule has 2 heterocycles. The fraction of sp³-hybridized carbons (Fsp3) is 0.278. The highest BCUT2D eigenvalue weighted by atomic mass is 19.1. The molecular weight excluding hydrogens is 355 g/mol. The smallest absolute Gasteiger partial charge is 0.414 e. The standard InChI is InChI=1S/C18H19FN4O4/c1-11(21-26)13-5-6-22(9-13)17-4-3-14(7-16(17)19)23-10-15(27-18(23)25)8-20-12(2)24/h3-7,9,15,26H,8,10H2,1-2H3,(H,20,24)/b21-11+/t15-/m0/s1. The summed E-state index contributed by atoms with van der Waals surface area (Å²) in [6.45, 7) is 3.44. The summed E-state index contributed by atoms with van der Waals surface area (Å²) in [7, 11) is 0. The predicted molar refractivity (Wildman–Crippen MR) is 96.0 cm³/mol. The zero-order chi connectivity index (χ0) is 19.6. The number of ether oxygens (including phenoxy) is 1. The highest BCUT2D eigenvalue weighted by Gasteiger charge is 2.32. The number of aromatic nitrogens is 1. The number of oxime groups is 1. The Bertz CT molecular complexity index is 909. The normalized spacial score (nSPS) is 17.1. The van der Waals surface area contributed by atoms with E-state index in [2.05, 4.69) is 10.5 Å². The van der Waals surface area contributed by atoms with Gasteiger partial charge in [-0.3, -0.25) is 9.69 Å². The number of halogens is 1. The van der Waals surface area contributed by atoms with E-state index in [0.717, 1.165) is 0 Å². The van der Waals surface area contributed by atoms with Gasteiger partial charge in [-0.1, -0.05) is 5.16 Å². The molecule has 0 radical (unpaired) electrons. The number of carbonyl (C=O) groups excluding carboxylic acids is 2. The summed E-state index contributed by atoms with van der Waals surface area (Å²) in [4.78, 5) is 24.3. The van der Waals surface area contributed by atoms with E-state index in [1.165, 1.54) is 17.9 Å². The third kappa shape index (κ3) is 3.91. The van der Waals surface area contributed by atoms with Crippen LogP contribution in [0.4, 0.5) is 14.9 Å². The van der Waals surface area contributed by atoms with Gasteiger partial charge in [0.2, 0.25) is 5.91 Å². The Labute approximate surface area is 154 Å². The highest BCUT2D eigenvalue weighted by Crippen LogP contribution is 2.26. The van der Waals surface area contributed by atoms with E-state index in [0.29, 0.717) is 17.0 Å². The van der Waals surface area contributed by atoms with Gasteiger partial charge >= 0.3 is 6.09 Å². The molecule has 1 aromatic carbocycles. The van der Waals surface area contributed by atoms with Gasteiger partial charge < -0.3 is 19.8 Å². The van der Waals surface area contributed by atoms with Gasteiger partial charge in [-0.15, -0.1) is 0 Å². The molecule has 142 valence electrons. The molecule has 0 saturated carbocycles. The Hall–Kier alpha value is -3.36. The number of hydrogen-bond acceptors (Lipinski definition) is 5. The van der Waals surface area contributed by atoms with Gasteiger partial charge in [0.05, 0.1) is 30.2 Å². The van der Waals surface area contributed by atoms with Crippen LogP contribution in [0.3, 0.4) is 0 Å². The Morgan fingerprint density at radius 3 is 2.85 bits per heavy atom. The number of nitrogens with one attached hydrogen (secondary N) is 1. The molecule has 1 atom stereocenters. The molecule has 8 nitrogen and oxygen atoms in total. The number of nitrogens with zero attached hydrogens (tertiary/aromatic N) is 3. The van der Waals surface area contributed by atoms with Gasteiger partial charge in [-0.2, -0.15) is 0 Å². The van der Waals surface area contributed by atoms with Crippen LogP contribution in [0.2, 0.25) is 0 Å². The predicted octanol–water partition coefficient (Wildman–Crippen LogP) is 2.28. The summed E-state index contributed by atoms with van der Waals surface area (Å²) in [5.41, 5.74) is 1.73. The van der Waals surface area contributed by atoms with E-state index in [9.17, 15) is 14.0 Å². The molecule has 1 saturated heterocycles. The summed E-state index contributed by atoms with van der Waals surface area (Å²) in [6.07, 6.45) is 2.21. The van der Waals surface area contributed by atoms with Crippen molar-refractivity contribution in [1.29, 1.82) is 0 Å². The summed E-state index contributed by atoms with van der Waals surface area (Å²) in [5.74, 6) is -0.737. The summed E-state index contributed by atoms with van der Waals surface area (Å²) in [6, 6.07) is 6.12. The fourth-order valence-electron chi connectivity index (χ4n) is 2.79. The van der Waals surface area contributed by atoms with Crippen LogP contribution in [-0.4, -0.2) is 46.7 Å². The largest absolute Gasteiger partial charge is 0.442 e. The van der Waals surface area contributed by atoms with Gasteiger partial charge in [-0.25, -0.2) is 9.18 Å². The number of benzene rings is 1. The molecule has 0 bridgehead atoms. The molecule has 1 fully saturated rings. The van der Waals surface area contributed by atoms with Gasteiger partial charge in [0, 0.05) is 24.9 Å². The van der Waals surface area contributed by atoms with Crippen LogP contribution in [0.25, 0.3) is 5.69 Å². The third-order valence-corrected chi connectivity index (χ3v) is 4.23. The molecule has 3 rings (SSSR count). The Morgan fingerprint density at radius 2 is 2.19 bits per heavy atom. The van der Waals surface area contributed by atoms with Gasteiger partial charge in [0.1, 0.15) is 11.9 Å². The van der Waals surface area contributed by atoms with Crippen molar-refractivity contribution < 1.29 is 23.9 Å². The molecule has 1 aromatic heterocycles. The van der Waals surface area contributed by atoms with Crippen molar-refractivity contribution in [3.63, 3.8) is 0 Å². The fourth-order valence-corrected chi connectivity index (χ4v) is 2.79. The van der Waals surface area contributed by atoms with Crippen LogP contribution in [0.5, 0.6) is 0 Å². The molecular formula is C18H19FN4O4. The molecule has 1 aliphatic rings. The first-order valence-corrected chi connectivity index (χ1v) is 8.28. The first-order chi connectivity index (χ1) is 12.9. The maximum absolute atomic E-state index is 14.6. The van der Waals surface area contributed by atoms with E-state index in [-0.39, 0.29) is 24.7 Å². The van der Waals surface area contributed by atoms with Crippen LogP contribution < -0.4 is 10.2 Å². The second-order valence-corrected chi connectivity index (χ2v) is 6.18. The minimum absolute atomic E-state index is 0.204. The van der Waals surface area contributed by atoms with Crippen molar-refractivity contribution in [3.05, 3.63) is 48.0 Å². The van der Waals surface area contributed by atoms with Crippen LogP contribution in [0.1, 0.15) is 19.4 Å². The van der Waals surface area contributed by atoms with E-state index in [1.54, 1.807) is 42.1 Å². The van der Waals surface area contributed by atoms with Crippen molar-refractivity contribution in [2.45, 2.75) is 20.0 Å². The van der Waals surface area contributed by atoms with Crippen LogP contribution in [0, 0.1) is 5.82 Å². The van der Waals surface area contributed by atoms with Crippen LogP contribution in [-0.2, 0) is 9.53 Å². The lowest BCUT2D eigenvalue weighted by Crippen LogP contribution is -2.33. The Kier molecular flexibility index (Phi) is 5.11. The van der Waals surface area contributed by atoms with E-state index in [4.69, 9.17) is 9.94 Å². The average molecular weight is 374 g/mol. The number of amides is 2. The summed E-state index contributed by atoms with van der Waals surface area (Å²) >= 11 is 0. The van der Waals surface area contributed by atoms with E-state index < -0.39 is 18.0 Å². The summed E-state index contributed by atoms with van der Waals surface area (Å²) in [5, 5.41) is 14.5. The van der Waals surface area contributed by atoms with Gasteiger partial charge in [-0.05, 0) is 31.2 Å². The SMILES string of the molecule is CC(=O)NC[C@H]1CN(c2ccc(-n3ccc(/C(C)=N/O)c3)c(F)c2)C(=O)O1. The van der Waals surface area contributed by atoms with Crippen LogP contribution >= 0.6 is 0 Å². The number of cyclic esters (lactones) is 1. The quantitative estimate of drug-likeness (QED) is 0.477. The minimum Gasteiger partial charge on any atom is -0.442 e. The number of anilines is 1. The van der Waals surface area contributed by atoms with Gasteiger partial charge in [0.15, 0.2) is 0 Å². The van der Waals surface area contributed by atoms with Gasteiger partial charge in [0.25, 0.3) is 0 Å². The summed E-state index contributed by atoms with van der Waals surface area (Å²) < 4.78 is 21.4. The van der Waals surface area contributed by atoms with E-state index in [1.807, 2.05) is 0 Å². The molecule has 2 N–H and O–H groups in total. The topological polar surface area (TPSA) is 96.2 Å². The molecule has 0 aliphatic carbocycles. The molecule has 2 amide bonds. The molecule has 2 aromatic rings. The number of carbonyl (C=O) groups is 2. The monoisotopic (exact) mass is 374 g/mol.